The van der Waals surface area contributed by atoms with Gasteiger partial charge in [0.2, 0.25) is 23.6 Å². The number of guanidine groups is 1. The molecule has 0 aromatic carbocycles. The molecule has 0 spiro atoms. The van der Waals surface area contributed by atoms with Gasteiger partial charge in [-0.2, -0.15) is 0 Å². The fourth-order valence-corrected chi connectivity index (χ4v) is 3.03. The monoisotopic (exact) mass is 530 g/mol. The molecule has 0 heterocycles. The molecule has 0 saturated carbocycles. The third kappa shape index (κ3) is 13.6. The zero-order valence-electron chi connectivity index (χ0n) is 20.9. The number of hydrogen-bond acceptors (Lipinski definition) is 8. The van der Waals surface area contributed by atoms with Gasteiger partial charge in [0.05, 0.1) is 12.5 Å². The second-order valence-corrected chi connectivity index (χ2v) is 8.48. The lowest BCUT2D eigenvalue weighted by Crippen LogP contribution is -2.58. The van der Waals surface area contributed by atoms with E-state index < -0.39 is 79.0 Å². The molecule has 16 nitrogen and oxygen atoms in total. The number of primary amides is 1. The molecule has 0 aliphatic rings. The Balaban J connectivity index is 5.71. The maximum atomic E-state index is 13.0. The first kappa shape index (κ1) is 33.0. The zero-order chi connectivity index (χ0) is 28.7. The molecule has 0 aromatic heterocycles. The van der Waals surface area contributed by atoms with Gasteiger partial charge < -0.3 is 49.1 Å². The number of aliphatic imine (C=N–C) groups is 1. The van der Waals surface area contributed by atoms with Gasteiger partial charge >= 0.3 is 11.9 Å². The molecule has 0 radical (unpaired) electrons. The van der Waals surface area contributed by atoms with Crippen molar-refractivity contribution in [1.82, 2.24) is 16.0 Å². The smallest absolute Gasteiger partial charge is 0.326 e. The lowest BCUT2D eigenvalue weighted by Gasteiger charge is -2.25. The van der Waals surface area contributed by atoms with Crippen LogP contribution in [0.3, 0.4) is 0 Å². The summed E-state index contributed by atoms with van der Waals surface area (Å²) in [6.45, 7) is 3.62. The van der Waals surface area contributed by atoms with Crippen LogP contribution in [0.1, 0.15) is 52.4 Å². The third-order valence-corrected chi connectivity index (χ3v) is 5.44. The van der Waals surface area contributed by atoms with Crippen molar-refractivity contribution in [3.05, 3.63) is 0 Å². The fraction of sp³-hybridized carbons (Fsp3) is 0.667. The molecule has 13 N–H and O–H groups in total. The summed E-state index contributed by atoms with van der Waals surface area (Å²) in [6.07, 6.45) is -0.839. The average molecular weight is 531 g/mol. The first-order valence-electron chi connectivity index (χ1n) is 11.6. The second kappa shape index (κ2) is 16.7. The van der Waals surface area contributed by atoms with E-state index in [1.807, 2.05) is 6.92 Å². The standard InChI is InChI=1S/C21H38N8O8/c1-3-10(2)16(23)19(35)29-13(9-14(22)30)18(34)27-11(5-4-8-26-21(24)25)17(33)28-12(20(36)37)6-7-15(31)32/h10-13,16H,3-9,23H2,1-2H3,(H2,22,30)(H,27,34)(H,28,33)(H,29,35)(H,31,32)(H,36,37)(H4,24,25,26). The Bertz CT molecular complexity index is 861. The van der Waals surface area contributed by atoms with Crippen molar-refractivity contribution in [2.75, 3.05) is 6.54 Å². The van der Waals surface area contributed by atoms with Crippen LogP contribution in [0, 0.1) is 5.92 Å². The van der Waals surface area contributed by atoms with Gasteiger partial charge in [0.25, 0.3) is 0 Å². The molecule has 0 aromatic rings. The normalized spacial score (nSPS) is 14.7. The molecule has 16 heteroatoms. The molecule has 37 heavy (non-hydrogen) atoms. The summed E-state index contributed by atoms with van der Waals surface area (Å²) in [5, 5.41) is 25.1. The van der Waals surface area contributed by atoms with E-state index in [1.54, 1.807) is 6.92 Å². The van der Waals surface area contributed by atoms with Gasteiger partial charge in [0, 0.05) is 13.0 Å². The number of hydrogen-bond donors (Lipinski definition) is 9. The summed E-state index contributed by atoms with van der Waals surface area (Å²) >= 11 is 0. The van der Waals surface area contributed by atoms with Gasteiger partial charge in [-0.05, 0) is 25.2 Å². The molecule has 0 aliphatic carbocycles. The largest absolute Gasteiger partial charge is 0.481 e. The van der Waals surface area contributed by atoms with Crippen molar-refractivity contribution in [1.29, 1.82) is 0 Å². The van der Waals surface area contributed by atoms with Crippen LogP contribution in [0.4, 0.5) is 0 Å². The van der Waals surface area contributed by atoms with E-state index in [2.05, 4.69) is 20.9 Å². The summed E-state index contributed by atoms with van der Waals surface area (Å²) in [4.78, 5) is 75.9. The van der Waals surface area contributed by atoms with Gasteiger partial charge in [-0.3, -0.25) is 29.0 Å². The molecule has 0 saturated heterocycles. The molecule has 0 aliphatic heterocycles. The number of rotatable bonds is 18. The van der Waals surface area contributed by atoms with Gasteiger partial charge in [-0.15, -0.1) is 0 Å². The fourth-order valence-electron chi connectivity index (χ4n) is 3.03. The Labute approximate surface area is 214 Å². The van der Waals surface area contributed by atoms with Crippen LogP contribution in [-0.4, -0.2) is 82.5 Å². The Kier molecular flexibility index (Phi) is 14.9. The van der Waals surface area contributed by atoms with Crippen LogP contribution in [0.15, 0.2) is 4.99 Å². The number of carbonyl (C=O) groups is 6. The maximum absolute atomic E-state index is 13.0. The molecule has 4 amide bonds. The summed E-state index contributed by atoms with van der Waals surface area (Å²) in [6, 6.07) is -5.33. The van der Waals surface area contributed by atoms with Crippen molar-refractivity contribution >= 4 is 41.5 Å². The summed E-state index contributed by atoms with van der Waals surface area (Å²) in [7, 11) is 0. The number of nitrogens with zero attached hydrogens (tertiary/aromatic N) is 1. The number of carboxylic acid groups (broad SMARTS) is 2. The van der Waals surface area contributed by atoms with Crippen molar-refractivity contribution in [3.63, 3.8) is 0 Å². The van der Waals surface area contributed by atoms with Crippen LogP contribution < -0.4 is 38.9 Å². The van der Waals surface area contributed by atoms with Crippen molar-refractivity contribution in [3.8, 4) is 0 Å². The predicted octanol–water partition coefficient (Wildman–Crippen LogP) is -3.31. The summed E-state index contributed by atoms with van der Waals surface area (Å²) < 4.78 is 0. The maximum Gasteiger partial charge on any atom is 0.326 e. The second-order valence-electron chi connectivity index (χ2n) is 8.48. The lowest BCUT2D eigenvalue weighted by atomic mass is 9.99. The number of amides is 4. The Morgan fingerprint density at radius 3 is 1.86 bits per heavy atom. The van der Waals surface area contributed by atoms with E-state index in [0.717, 1.165) is 0 Å². The van der Waals surface area contributed by atoms with E-state index >= 15 is 0 Å². The summed E-state index contributed by atoms with van der Waals surface area (Å²) in [5.41, 5.74) is 21.6. The van der Waals surface area contributed by atoms with Crippen LogP contribution in [-0.2, 0) is 28.8 Å². The highest BCUT2D eigenvalue weighted by Crippen LogP contribution is 2.08. The topological polar surface area (TPSA) is 295 Å². The molecule has 0 bridgehead atoms. The number of carboxylic acids is 2. The molecule has 0 rings (SSSR count). The number of nitrogens with two attached hydrogens (primary N) is 4. The first-order chi connectivity index (χ1) is 17.2. The highest BCUT2D eigenvalue weighted by molar-refractivity contribution is 5.96. The molecule has 5 atom stereocenters. The van der Waals surface area contributed by atoms with Gasteiger partial charge in [0.15, 0.2) is 5.96 Å². The SMILES string of the molecule is CCC(C)C(N)C(=O)NC(CC(N)=O)C(=O)NC(CCCN=C(N)N)C(=O)NC(CCC(=O)O)C(=O)O. The van der Waals surface area contributed by atoms with Crippen LogP contribution >= 0.6 is 0 Å². The van der Waals surface area contributed by atoms with E-state index in [4.69, 9.17) is 28.0 Å². The molecule has 0 fully saturated rings. The van der Waals surface area contributed by atoms with E-state index in [0.29, 0.717) is 6.42 Å². The first-order valence-corrected chi connectivity index (χ1v) is 11.6. The van der Waals surface area contributed by atoms with Crippen molar-refractivity contribution in [2.45, 2.75) is 76.5 Å². The molecular formula is C21H38N8O8. The quantitative estimate of drug-likeness (QED) is 0.0480. The zero-order valence-corrected chi connectivity index (χ0v) is 20.9. The number of aliphatic carboxylic acids is 2. The molecule has 5 unspecified atom stereocenters. The third-order valence-electron chi connectivity index (χ3n) is 5.44. The Hall–Kier alpha value is -3.95. The van der Waals surface area contributed by atoms with Crippen molar-refractivity contribution < 1.29 is 39.0 Å². The Morgan fingerprint density at radius 1 is 0.838 bits per heavy atom. The number of carbonyl (C=O) groups excluding carboxylic acids is 4. The lowest BCUT2D eigenvalue weighted by molar-refractivity contribution is -0.143. The van der Waals surface area contributed by atoms with Crippen LogP contribution in [0.25, 0.3) is 0 Å². The minimum atomic E-state index is -1.55. The van der Waals surface area contributed by atoms with Crippen LogP contribution in [0.5, 0.6) is 0 Å². The highest BCUT2D eigenvalue weighted by Gasteiger charge is 2.31. The average Bonchev–Trinajstić information content (AvgIpc) is 2.80. The van der Waals surface area contributed by atoms with E-state index in [9.17, 15) is 33.9 Å². The van der Waals surface area contributed by atoms with E-state index in [-0.39, 0.29) is 31.3 Å². The van der Waals surface area contributed by atoms with Gasteiger partial charge in [-0.1, -0.05) is 20.3 Å². The van der Waals surface area contributed by atoms with E-state index in [1.165, 1.54) is 0 Å². The predicted molar refractivity (Wildman–Crippen MR) is 131 cm³/mol. The van der Waals surface area contributed by atoms with Gasteiger partial charge in [0.1, 0.15) is 18.1 Å². The summed E-state index contributed by atoms with van der Waals surface area (Å²) in [5.74, 6) is -6.66. The molecular weight excluding hydrogens is 492 g/mol. The van der Waals surface area contributed by atoms with Crippen molar-refractivity contribution in [2.24, 2.45) is 33.8 Å². The minimum Gasteiger partial charge on any atom is -0.481 e. The highest BCUT2D eigenvalue weighted by atomic mass is 16.4. The van der Waals surface area contributed by atoms with Gasteiger partial charge in [-0.25, -0.2) is 4.79 Å². The molecule has 210 valence electrons. The Morgan fingerprint density at radius 2 is 1.38 bits per heavy atom. The van der Waals surface area contributed by atoms with Crippen LogP contribution in [0.2, 0.25) is 0 Å². The number of nitrogens with one attached hydrogen (secondary N) is 3. The minimum absolute atomic E-state index is 0.0662.